The second-order valence-electron chi connectivity index (χ2n) is 8.13. The Hall–Kier alpha value is -4.18. The maximum absolute atomic E-state index is 13.2. The van der Waals surface area contributed by atoms with Crippen LogP contribution in [0.15, 0.2) is 47.6 Å². The largest absolute Gasteiger partial charge is 0.493 e. The maximum atomic E-state index is 13.2. The lowest BCUT2D eigenvalue weighted by Crippen LogP contribution is -2.32. The molecule has 0 aliphatic carbocycles. The van der Waals surface area contributed by atoms with E-state index in [0.717, 1.165) is 12.8 Å². The zero-order valence-corrected chi connectivity index (χ0v) is 19.5. The number of nitrogen functional groups attached to an aromatic ring is 1. The summed E-state index contributed by atoms with van der Waals surface area (Å²) >= 11 is 0. The number of rotatable bonds is 7. The van der Waals surface area contributed by atoms with Gasteiger partial charge in [-0.3, -0.25) is 4.79 Å². The van der Waals surface area contributed by atoms with Crippen LogP contribution in [0.3, 0.4) is 0 Å². The van der Waals surface area contributed by atoms with Crippen molar-refractivity contribution in [3.63, 3.8) is 0 Å². The van der Waals surface area contributed by atoms with E-state index < -0.39 is 0 Å². The molecule has 3 N–H and O–H groups in total. The molecule has 1 aliphatic rings. The molecule has 1 aliphatic heterocycles. The number of carbonyl (C=O) groups is 1. The molecule has 180 valence electrons. The molecule has 0 radical (unpaired) electrons. The number of aromatic nitrogens is 3. The monoisotopic (exact) mass is 474 g/mol. The van der Waals surface area contributed by atoms with Crippen molar-refractivity contribution in [2.24, 2.45) is 5.10 Å². The van der Waals surface area contributed by atoms with Gasteiger partial charge >= 0.3 is 0 Å². The predicted octanol–water partition coefficient (Wildman–Crippen LogP) is 2.97. The molecule has 3 heterocycles. The molecule has 35 heavy (non-hydrogen) atoms. The molecular formula is C25H26N6O4. The number of amides is 1. The van der Waals surface area contributed by atoms with Crippen molar-refractivity contribution in [3.05, 3.63) is 53.6 Å². The fourth-order valence-electron chi connectivity index (χ4n) is 4.22. The molecule has 1 fully saturated rings. The smallest absolute Gasteiger partial charge is 0.257 e. The number of hydrogen-bond donors (Lipinski definition) is 2. The molecule has 2 aromatic heterocycles. The molecule has 2 aromatic carbocycles. The second kappa shape index (κ2) is 9.59. The van der Waals surface area contributed by atoms with E-state index in [1.165, 1.54) is 4.68 Å². The summed E-state index contributed by atoms with van der Waals surface area (Å²) in [5.41, 5.74) is 9.45. The molecular weight excluding hydrogens is 448 g/mol. The number of benzene rings is 2. The van der Waals surface area contributed by atoms with E-state index in [2.05, 4.69) is 10.4 Å². The highest BCUT2D eigenvalue weighted by Crippen LogP contribution is 2.31. The SMILES string of the molecule is COc1cccc(/C=N/n2c(N)c(C(=O)NCC3CCCO3)c3nc4ccccc4nc32)c1OC. The first-order valence-electron chi connectivity index (χ1n) is 11.3. The third kappa shape index (κ3) is 4.24. The lowest BCUT2D eigenvalue weighted by atomic mass is 10.2. The molecule has 1 unspecified atom stereocenters. The fraction of sp³-hybridized carbons (Fsp3) is 0.280. The summed E-state index contributed by atoms with van der Waals surface area (Å²) in [4.78, 5) is 22.6. The van der Waals surface area contributed by atoms with E-state index in [9.17, 15) is 4.79 Å². The first-order chi connectivity index (χ1) is 17.1. The number of hydrogen-bond acceptors (Lipinski definition) is 8. The van der Waals surface area contributed by atoms with Crippen LogP contribution < -0.4 is 20.5 Å². The summed E-state index contributed by atoms with van der Waals surface area (Å²) in [6.45, 7) is 1.11. The molecule has 5 rings (SSSR count). The van der Waals surface area contributed by atoms with E-state index in [-0.39, 0.29) is 23.4 Å². The Morgan fingerprint density at radius 3 is 2.71 bits per heavy atom. The second-order valence-corrected chi connectivity index (χ2v) is 8.13. The van der Waals surface area contributed by atoms with Crippen LogP contribution in [0.2, 0.25) is 0 Å². The highest BCUT2D eigenvalue weighted by atomic mass is 16.5. The van der Waals surface area contributed by atoms with Crippen molar-refractivity contribution >= 4 is 40.1 Å². The van der Waals surface area contributed by atoms with Gasteiger partial charge in [-0.2, -0.15) is 9.78 Å². The summed E-state index contributed by atoms with van der Waals surface area (Å²) in [5.74, 6) is 0.889. The first kappa shape index (κ1) is 22.6. The molecule has 0 bridgehead atoms. The van der Waals surface area contributed by atoms with Gasteiger partial charge in [-0.25, -0.2) is 9.97 Å². The Bertz CT molecular complexity index is 1420. The summed E-state index contributed by atoms with van der Waals surface area (Å²) in [6, 6.07) is 12.9. The number of carbonyl (C=O) groups excluding carboxylic acids is 1. The Balaban J connectivity index is 1.60. The highest BCUT2D eigenvalue weighted by molar-refractivity contribution is 6.10. The lowest BCUT2D eigenvalue weighted by molar-refractivity contribution is 0.0859. The minimum absolute atomic E-state index is 0.000939. The van der Waals surface area contributed by atoms with Gasteiger partial charge < -0.3 is 25.3 Å². The van der Waals surface area contributed by atoms with Crippen LogP contribution in [0, 0.1) is 0 Å². The number of nitrogens with two attached hydrogens (primary N) is 1. The maximum Gasteiger partial charge on any atom is 0.257 e. The number of anilines is 1. The predicted molar refractivity (Wildman–Crippen MR) is 133 cm³/mol. The molecule has 10 heteroatoms. The van der Waals surface area contributed by atoms with Crippen LogP contribution in [0.4, 0.5) is 5.82 Å². The number of nitrogens with one attached hydrogen (secondary N) is 1. The van der Waals surface area contributed by atoms with Crippen molar-refractivity contribution < 1.29 is 19.0 Å². The summed E-state index contributed by atoms with van der Waals surface area (Å²) in [5, 5.41) is 7.49. The van der Waals surface area contributed by atoms with Gasteiger partial charge in [-0.05, 0) is 37.1 Å². The van der Waals surface area contributed by atoms with E-state index in [1.807, 2.05) is 36.4 Å². The Kier molecular flexibility index (Phi) is 6.19. The fourth-order valence-corrected chi connectivity index (χ4v) is 4.22. The van der Waals surface area contributed by atoms with Crippen LogP contribution in [0.1, 0.15) is 28.8 Å². The van der Waals surface area contributed by atoms with Crippen molar-refractivity contribution in [1.29, 1.82) is 0 Å². The zero-order chi connectivity index (χ0) is 24.4. The number of para-hydroxylation sites is 3. The molecule has 1 amide bonds. The molecule has 1 atom stereocenters. The standard InChI is InChI=1S/C25H26N6O4/c1-33-19-11-5-7-15(22(19)34-2)13-28-31-23(26)20(25(32)27-14-16-8-6-12-35-16)21-24(31)30-18-10-4-3-9-17(18)29-21/h3-5,7,9-11,13,16H,6,8,12,14,26H2,1-2H3,(H,27,32)/b28-13+. The van der Waals surface area contributed by atoms with E-state index in [4.69, 9.17) is 29.9 Å². The molecule has 4 aromatic rings. The van der Waals surface area contributed by atoms with Crippen LogP contribution in [0.5, 0.6) is 11.5 Å². The van der Waals surface area contributed by atoms with Crippen molar-refractivity contribution in [3.8, 4) is 11.5 Å². The molecule has 0 spiro atoms. The van der Waals surface area contributed by atoms with E-state index in [1.54, 1.807) is 26.5 Å². The van der Waals surface area contributed by atoms with Crippen LogP contribution in [-0.2, 0) is 4.74 Å². The third-order valence-corrected chi connectivity index (χ3v) is 5.96. The summed E-state index contributed by atoms with van der Waals surface area (Å²) < 4.78 is 17.9. The van der Waals surface area contributed by atoms with Crippen LogP contribution in [-0.4, -0.2) is 60.2 Å². The molecule has 1 saturated heterocycles. The minimum atomic E-state index is -0.347. The molecule has 0 saturated carbocycles. The third-order valence-electron chi connectivity index (χ3n) is 5.96. The number of ether oxygens (including phenoxy) is 3. The number of methoxy groups -OCH3 is 2. The minimum Gasteiger partial charge on any atom is -0.493 e. The van der Waals surface area contributed by atoms with Crippen molar-refractivity contribution in [2.75, 3.05) is 33.1 Å². The van der Waals surface area contributed by atoms with Crippen molar-refractivity contribution in [2.45, 2.75) is 18.9 Å². The van der Waals surface area contributed by atoms with Crippen LogP contribution >= 0.6 is 0 Å². The topological polar surface area (TPSA) is 126 Å². The van der Waals surface area contributed by atoms with Gasteiger partial charge in [0.15, 0.2) is 17.1 Å². The average molecular weight is 475 g/mol. The normalized spacial score (nSPS) is 15.8. The molecule has 10 nitrogen and oxygen atoms in total. The quantitative estimate of drug-likeness (QED) is 0.394. The Morgan fingerprint density at radius 2 is 2.00 bits per heavy atom. The average Bonchev–Trinajstić information content (AvgIpc) is 3.50. The van der Waals surface area contributed by atoms with Gasteiger partial charge in [-0.1, -0.05) is 18.2 Å². The summed E-state index contributed by atoms with van der Waals surface area (Å²) in [6.07, 6.45) is 3.48. The zero-order valence-electron chi connectivity index (χ0n) is 19.5. The Morgan fingerprint density at radius 1 is 1.20 bits per heavy atom. The van der Waals surface area contributed by atoms with E-state index >= 15 is 0 Å². The van der Waals surface area contributed by atoms with E-state index in [0.29, 0.717) is 52.4 Å². The first-order valence-corrected chi connectivity index (χ1v) is 11.3. The Labute approximate surface area is 201 Å². The number of fused-ring (bicyclic) bond motifs is 2. The van der Waals surface area contributed by atoms with Gasteiger partial charge in [0.1, 0.15) is 16.9 Å². The van der Waals surface area contributed by atoms with Crippen molar-refractivity contribution in [1.82, 2.24) is 20.0 Å². The van der Waals surface area contributed by atoms with Gasteiger partial charge in [0, 0.05) is 18.7 Å². The summed E-state index contributed by atoms with van der Waals surface area (Å²) in [7, 11) is 3.13. The van der Waals surface area contributed by atoms with Gasteiger partial charge in [0.2, 0.25) is 0 Å². The van der Waals surface area contributed by atoms with Crippen LogP contribution in [0.25, 0.3) is 22.2 Å². The van der Waals surface area contributed by atoms with Gasteiger partial charge in [-0.15, -0.1) is 0 Å². The van der Waals surface area contributed by atoms with Gasteiger partial charge in [0.05, 0.1) is 37.6 Å². The highest BCUT2D eigenvalue weighted by Gasteiger charge is 2.25. The van der Waals surface area contributed by atoms with Gasteiger partial charge in [0.25, 0.3) is 5.91 Å². The number of nitrogens with zero attached hydrogens (tertiary/aromatic N) is 4. The lowest BCUT2D eigenvalue weighted by Gasteiger charge is -2.10.